The molecule has 2 N–H and O–H groups in total. The summed E-state index contributed by atoms with van der Waals surface area (Å²) in [5, 5.41) is 16.6. The number of thioether (sulfide) groups is 1. The number of furan rings is 1. The molecule has 3 aromatic rings. The van der Waals surface area contributed by atoms with Gasteiger partial charge in [-0.1, -0.05) is 42.1 Å². The molecule has 0 aliphatic carbocycles. The number of nitrogens with zero attached hydrogens (tertiary/aromatic N) is 1. The Morgan fingerprint density at radius 1 is 0.975 bits per heavy atom. The Labute approximate surface area is 235 Å². The third-order valence-corrected chi connectivity index (χ3v) is 6.88. The lowest BCUT2D eigenvalue weighted by Gasteiger charge is -2.29. The van der Waals surface area contributed by atoms with E-state index in [0.29, 0.717) is 33.3 Å². The second kappa shape index (κ2) is 13.4. The number of anilines is 1. The van der Waals surface area contributed by atoms with E-state index in [1.807, 2.05) is 30.3 Å². The quantitative estimate of drug-likeness (QED) is 0.322. The standard InChI is InChI=1S/C30H27N3O6S/c1-3-37-29(35)20-12-14-21(15-13-20)32-24(34)18-40-28-22(17-31)25(23-11-8-16-39-23)26(30(36)38-4-2)27(33-28)19-9-6-5-7-10-19/h5-16,25,33H,3-4,18H2,1-2H3,(H,32,34). The zero-order valence-electron chi connectivity index (χ0n) is 21.9. The van der Waals surface area contributed by atoms with Crippen molar-refractivity contribution in [2.75, 3.05) is 24.3 Å². The number of carbonyl (C=O) groups is 3. The minimum absolute atomic E-state index is 0.0329. The second-order valence-corrected chi connectivity index (χ2v) is 9.42. The van der Waals surface area contributed by atoms with Gasteiger partial charge >= 0.3 is 11.9 Å². The Morgan fingerprint density at radius 2 is 1.68 bits per heavy atom. The van der Waals surface area contributed by atoms with Crippen molar-refractivity contribution in [3.05, 3.63) is 106 Å². The lowest BCUT2D eigenvalue weighted by Crippen LogP contribution is -2.29. The maximum absolute atomic E-state index is 13.2. The van der Waals surface area contributed by atoms with Crippen LogP contribution in [0.25, 0.3) is 5.70 Å². The monoisotopic (exact) mass is 557 g/mol. The third-order valence-electron chi connectivity index (χ3n) is 5.86. The molecule has 1 aliphatic rings. The number of dihydropyridines is 1. The fraction of sp³-hybridized carbons (Fsp3) is 0.200. The number of allylic oxidation sites excluding steroid dienone is 1. The van der Waals surface area contributed by atoms with Gasteiger partial charge in [-0.15, -0.1) is 0 Å². The maximum atomic E-state index is 13.2. The van der Waals surface area contributed by atoms with E-state index in [2.05, 4.69) is 16.7 Å². The Bertz CT molecular complexity index is 1470. The van der Waals surface area contributed by atoms with E-state index in [0.717, 1.165) is 11.8 Å². The normalized spacial score (nSPS) is 14.7. The summed E-state index contributed by atoms with van der Waals surface area (Å²) in [6, 6.07) is 21.2. The molecule has 1 aromatic heterocycles. The van der Waals surface area contributed by atoms with E-state index in [1.165, 1.54) is 6.26 Å². The molecule has 204 valence electrons. The summed E-state index contributed by atoms with van der Waals surface area (Å²) in [5.74, 6) is -1.80. The highest BCUT2D eigenvalue weighted by atomic mass is 32.2. The Balaban J connectivity index is 1.61. The van der Waals surface area contributed by atoms with Crippen LogP contribution in [0.2, 0.25) is 0 Å². The summed E-state index contributed by atoms with van der Waals surface area (Å²) < 4.78 is 16.0. The van der Waals surface area contributed by atoms with Crippen LogP contribution in [-0.2, 0) is 19.1 Å². The van der Waals surface area contributed by atoms with Gasteiger partial charge < -0.3 is 24.5 Å². The molecule has 0 fully saturated rings. The number of hydrogen-bond acceptors (Lipinski definition) is 9. The molecule has 1 aliphatic heterocycles. The zero-order valence-corrected chi connectivity index (χ0v) is 22.7. The molecule has 0 saturated carbocycles. The topological polar surface area (TPSA) is 131 Å². The first-order valence-electron chi connectivity index (χ1n) is 12.6. The van der Waals surface area contributed by atoms with Crippen LogP contribution in [0.5, 0.6) is 0 Å². The molecule has 0 saturated heterocycles. The van der Waals surface area contributed by atoms with E-state index in [-0.39, 0.29) is 36.0 Å². The summed E-state index contributed by atoms with van der Waals surface area (Å²) in [4.78, 5) is 37.9. The fourth-order valence-corrected chi connectivity index (χ4v) is 4.98. The molecule has 1 unspecified atom stereocenters. The molecular formula is C30H27N3O6S. The van der Waals surface area contributed by atoms with Gasteiger partial charge in [0, 0.05) is 5.69 Å². The molecule has 1 amide bonds. The van der Waals surface area contributed by atoms with Crippen molar-refractivity contribution < 1.29 is 28.3 Å². The minimum atomic E-state index is -0.837. The van der Waals surface area contributed by atoms with Gasteiger partial charge in [0.05, 0.1) is 64.7 Å². The van der Waals surface area contributed by atoms with Crippen LogP contribution in [0.4, 0.5) is 5.69 Å². The minimum Gasteiger partial charge on any atom is -0.468 e. The van der Waals surface area contributed by atoms with Gasteiger partial charge in [0.1, 0.15) is 5.76 Å². The predicted molar refractivity (Wildman–Crippen MR) is 151 cm³/mol. The van der Waals surface area contributed by atoms with Crippen molar-refractivity contribution in [3.63, 3.8) is 0 Å². The van der Waals surface area contributed by atoms with Gasteiger partial charge in [-0.2, -0.15) is 5.26 Å². The molecule has 9 nitrogen and oxygen atoms in total. The van der Waals surface area contributed by atoms with E-state index >= 15 is 0 Å². The number of esters is 2. The van der Waals surface area contributed by atoms with Gasteiger partial charge in [0.2, 0.25) is 5.91 Å². The van der Waals surface area contributed by atoms with Gasteiger partial charge in [0.25, 0.3) is 0 Å². The maximum Gasteiger partial charge on any atom is 0.338 e. The molecule has 2 heterocycles. The lowest BCUT2D eigenvalue weighted by atomic mass is 9.84. The molecule has 0 spiro atoms. The number of benzene rings is 2. The summed E-state index contributed by atoms with van der Waals surface area (Å²) in [6.07, 6.45) is 1.48. The number of rotatable bonds is 10. The number of hydrogen-bond donors (Lipinski definition) is 2. The number of nitrogens with one attached hydrogen (secondary N) is 2. The highest BCUT2D eigenvalue weighted by Crippen LogP contribution is 2.43. The average Bonchev–Trinajstić information content (AvgIpc) is 3.51. The SMILES string of the molecule is CCOC(=O)C1=C(c2ccccc2)NC(SCC(=O)Nc2ccc(C(=O)OCC)cc2)=C(C#N)C1c1ccco1. The van der Waals surface area contributed by atoms with Crippen LogP contribution in [0, 0.1) is 11.3 Å². The van der Waals surface area contributed by atoms with E-state index < -0.39 is 17.9 Å². The van der Waals surface area contributed by atoms with Crippen molar-refractivity contribution in [2.45, 2.75) is 19.8 Å². The summed E-state index contributed by atoms with van der Waals surface area (Å²) in [6.45, 7) is 3.87. The van der Waals surface area contributed by atoms with Crippen LogP contribution in [0.15, 0.2) is 93.6 Å². The molecule has 0 bridgehead atoms. The fourth-order valence-electron chi connectivity index (χ4n) is 4.14. The number of ether oxygens (including phenoxy) is 2. The largest absolute Gasteiger partial charge is 0.468 e. The summed E-state index contributed by atoms with van der Waals surface area (Å²) in [7, 11) is 0. The molecule has 40 heavy (non-hydrogen) atoms. The van der Waals surface area contributed by atoms with Crippen molar-refractivity contribution in [2.24, 2.45) is 0 Å². The van der Waals surface area contributed by atoms with Crippen LogP contribution >= 0.6 is 11.8 Å². The smallest absolute Gasteiger partial charge is 0.338 e. The van der Waals surface area contributed by atoms with Gasteiger partial charge in [-0.3, -0.25) is 4.79 Å². The Kier molecular flexibility index (Phi) is 9.44. The second-order valence-electron chi connectivity index (χ2n) is 8.44. The Hall–Kier alpha value is -4.75. The molecular weight excluding hydrogens is 530 g/mol. The van der Waals surface area contributed by atoms with Gasteiger partial charge in [-0.25, -0.2) is 9.59 Å². The van der Waals surface area contributed by atoms with Crippen molar-refractivity contribution in [1.29, 1.82) is 5.26 Å². The van der Waals surface area contributed by atoms with Crippen LogP contribution in [0.3, 0.4) is 0 Å². The van der Waals surface area contributed by atoms with E-state index in [4.69, 9.17) is 13.9 Å². The van der Waals surface area contributed by atoms with Gasteiger partial charge in [0.15, 0.2) is 0 Å². The highest BCUT2D eigenvalue weighted by Gasteiger charge is 2.38. The first kappa shape index (κ1) is 28.3. The first-order valence-corrected chi connectivity index (χ1v) is 13.6. The van der Waals surface area contributed by atoms with Crippen LogP contribution in [0.1, 0.15) is 41.4 Å². The van der Waals surface area contributed by atoms with Gasteiger partial charge in [-0.05, 0) is 55.8 Å². The number of carbonyl (C=O) groups excluding carboxylic acids is 3. The molecule has 1 atom stereocenters. The first-order chi connectivity index (χ1) is 19.5. The van der Waals surface area contributed by atoms with Crippen molar-refractivity contribution in [3.8, 4) is 6.07 Å². The van der Waals surface area contributed by atoms with Crippen molar-refractivity contribution >= 4 is 41.0 Å². The van der Waals surface area contributed by atoms with E-state index in [9.17, 15) is 19.6 Å². The molecule has 2 aromatic carbocycles. The van der Waals surface area contributed by atoms with E-state index in [1.54, 1.807) is 50.2 Å². The van der Waals surface area contributed by atoms with Crippen LogP contribution < -0.4 is 10.6 Å². The highest BCUT2D eigenvalue weighted by molar-refractivity contribution is 8.03. The number of amides is 1. The van der Waals surface area contributed by atoms with Crippen LogP contribution in [-0.4, -0.2) is 36.8 Å². The average molecular weight is 558 g/mol. The lowest BCUT2D eigenvalue weighted by molar-refractivity contribution is -0.138. The summed E-state index contributed by atoms with van der Waals surface area (Å²) >= 11 is 1.13. The molecule has 10 heteroatoms. The Morgan fingerprint density at radius 3 is 2.30 bits per heavy atom. The van der Waals surface area contributed by atoms with Crippen molar-refractivity contribution in [1.82, 2.24) is 5.32 Å². The molecule has 0 radical (unpaired) electrons. The third kappa shape index (κ3) is 6.45. The summed E-state index contributed by atoms with van der Waals surface area (Å²) in [5.41, 5.74) is 2.54. The molecule has 4 rings (SSSR count). The number of nitriles is 1. The predicted octanol–water partition coefficient (Wildman–Crippen LogP) is 5.22. The zero-order chi connectivity index (χ0) is 28.5.